The molecule has 1 amide bonds. The van der Waals surface area contributed by atoms with Crippen molar-refractivity contribution in [3.05, 3.63) is 0 Å². The molecular formula is C6H11NO3. The highest BCUT2D eigenvalue weighted by atomic mass is 16.6. The second-order valence-electron chi connectivity index (χ2n) is 2.50. The average molecular weight is 145 g/mol. The molecule has 4 nitrogen and oxygen atoms in total. The molecule has 0 aromatic rings. The second-order valence-corrected chi connectivity index (χ2v) is 2.50. The number of carbonyl (C=O) groups is 1. The molecule has 0 saturated heterocycles. The van der Waals surface area contributed by atoms with Gasteiger partial charge in [0.25, 0.3) is 0 Å². The Morgan fingerprint density at radius 1 is 1.70 bits per heavy atom. The Bertz CT molecular complexity index is 135. The third-order valence-corrected chi connectivity index (χ3v) is 1.85. The molecule has 0 heterocycles. The van der Waals surface area contributed by atoms with Crippen molar-refractivity contribution >= 4 is 6.09 Å². The van der Waals surface area contributed by atoms with Crippen LogP contribution in [0.2, 0.25) is 0 Å². The number of hydrogen-bond donors (Lipinski definition) is 2. The number of rotatable bonds is 2. The molecule has 1 aliphatic rings. The Labute approximate surface area is 59.0 Å². The van der Waals surface area contributed by atoms with Crippen LogP contribution in [0.25, 0.3) is 0 Å². The molecule has 1 rings (SSSR count). The number of primary amides is 1. The van der Waals surface area contributed by atoms with Gasteiger partial charge in [0.15, 0.2) is 0 Å². The van der Waals surface area contributed by atoms with E-state index >= 15 is 0 Å². The van der Waals surface area contributed by atoms with Crippen LogP contribution in [0.5, 0.6) is 0 Å². The third-order valence-electron chi connectivity index (χ3n) is 1.85. The van der Waals surface area contributed by atoms with E-state index in [0.29, 0.717) is 0 Å². The van der Waals surface area contributed by atoms with E-state index in [1.165, 1.54) is 0 Å². The summed E-state index contributed by atoms with van der Waals surface area (Å²) in [6.45, 7) is 0.0813. The van der Waals surface area contributed by atoms with Crippen LogP contribution in [0.3, 0.4) is 0 Å². The monoisotopic (exact) mass is 145 g/mol. The lowest BCUT2D eigenvalue weighted by Crippen LogP contribution is -2.39. The maximum absolute atomic E-state index is 10.2. The van der Waals surface area contributed by atoms with Crippen molar-refractivity contribution in [2.45, 2.75) is 18.9 Å². The molecule has 10 heavy (non-hydrogen) atoms. The van der Waals surface area contributed by atoms with Crippen molar-refractivity contribution in [3.8, 4) is 0 Å². The quantitative estimate of drug-likeness (QED) is 0.567. The van der Waals surface area contributed by atoms with Crippen LogP contribution in [-0.2, 0) is 4.74 Å². The second kappa shape index (κ2) is 2.88. The van der Waals surface area contributed by atoms with E-state index in [-0.39, 0.29) is 18.6 Å². The first-order chi connectivity index (χ1) is 4.74. The highest BCUT2D eigenvalue weighted by molar-refractivity contribution is 5.64. The van der Waals surface area contributed by atoms with Crippen molar-refractivity contribution in [2.75, 3.05) is 6.61 Å². The van der Waals surface area contributed by atoms with Crippen molar-refractivity contribution in [2.24, 2.45) is 11.7 Å². The normalized spacial score (nSPS) is 30.9. The SMILES string of the molecule is NC(=O)O[C@H]1CC[C@H]1CO. The van der Waals surface area contributed by atoms with Gasteiger partial charge in [-0.1, -0.05) is 0 Å². The summed E-state index contributed by atoms with van der Waals surface area (Å²) in [5.41, 5.74) is 4.78. The van der Waals surface area contributed by atoms with Crippen LogP contribution in [0.1, 0.15) is 12.8 Å². The Morgan fingerprint density at radius 2 is 2.40 bits per heavy atom. The van der Waals surface area contributed by atoms with Crippen molar-refractivity contribution in [1.82, 2.24) is 0 Å². The lowest BCUT2D eigenvalue weighted by Gasteiger charge is -2.33. The summed E-state index contributed by atoms with van der Waals surface area (Å²) in [5.74, 6) is 0.118. The number of amides is 1. The summed E-state index contributed by atoms with van der Waals surface area (Å²) >= 11 is 0. The molecule has 58 valence electrons. The predicted octanol–water partition coefficient (Wildman–Crippen LogP) is -0.147. The Balaban J connectivity index is 2.23. The van der Waals surface area contributed by atoms with Gasteiger partial charge in [0, 0.05) is 12.5 Å². The van der Waals surface area contributed by atoms with Gasteiger partial charge in [-0.05, 0) is 12.8 Å². The molecule has 2 atom stereocenters. The molecule has 3 N–H and O–H groups in total. The van der Waals surface area contributed by atoms with Crippen LogP contribution in [-0.4, -0.2) is 23.9 Å². The molecule has 1 aliphatic carbocycles. The number of aliphatic hydroxyl groups excluding tert-OH is 1. The van der Waals surface area contributed by atoms with Crippen LogP contribution >= 0.6 is 0 Å². The lowest BCUT2D eigenvalue weighted by molar-refractivity contribution is -0.0180. The fourth-order valence-electron chi connectivity index (χ4n) is 1.05. The summed E-state index contributed by atoms with van der Waals surface area (Å²) in [6.07, 6.45) is 0.869. The van der Waals surface area contributed by atoms with E-state index in [1.54, 1.807) is 0 Å². The largest absolute Gasteiger partial charge is 0.446 e. The summed E-state index contributed by atoms with van der Waals surface area (Å²) in [5, 5.41) is 8.64. The van der Waals surface area contributed by atoms with Crippen molar-refractivity contribution < 1.29 is 14.6 Å². The maximum atomic E-state index is 10.2. The first-order valence-electron chi connectivity index (χ1n) is 3.31. The molecule has 1 saturated carbocycles. The van der Waals surface area contributed by atoms with E-state index in [2.05, 4.69) is 4.74 Å². The highest BCUT2D eigenvalue weighted by Gasteiger charge is 2.32. The minimum atomic E-state index is -0.747. The average Bonchev–Trinajstić information content (AvgIpc) is 1.82. The first-order valence-corrected chi connectivity index (χ1v) is 3.31. The number of carbonyl (C=O) groups excluding carboxylic acids is 1. The van der Waals surface area contributed by atoms with Gasteiger partial charge in [-0.2, -0.15) is 0 Å². The minimum absolute atomic E-state index is 0.0813. The zero-order chi connectivity index (χ0) is 7.56. The number of hydrogen-bond acceptors (Lipinski definition) is 3. The van der Waals surface area contributed by atoms with Gasteiger partial charge in [0.05, 0.1) is 0 Å². The van der Waals surface area contributed by atoms with E-state index in [9.17, 15) is 4.79 Å². The fourth-order valence-corrected chi connectivity index (χ4v) is 1.05. The molecule has 1 fully saturated rings. The van der Waals surface area contributed by atoms with Gasteiger partial charge in [-0.3, -0.25) is 0 Å². The minimum Gasteiger partial charge on any atom is -0.446 e. The molecular weight excluding hydrogens is 134 g/mol. The molecule has 0 radical (unpaired) electrons. The van der Waals surface area contributed by atoms with Crippen molar-refractivity contribution in [1.29, 1.82) is 0 Å². The summed E-state index contributed by atoms with van der Waals surface area (Å²) in [4.78, 5) is 10.2. The van der Waals surface area contributed by atoms with Crippen LogP contribution in [0, 0.1) is 5.92 Å². The van der Waals surface area contributed by atoms with E-state index in [0.717, 1.165) is 12.8 Å². The Kier molecular flexibility index (Phi) is 2.11. The molecule has 4 heteroatoms. The molecule has 0 unspecified atom stereocenters. The van der Waals surface area contributed by atoms with Gasteiger partial charge in [-0.25, -0.2) is 4.79 Å². The van der Waals surface area contributed by atoms with Crippen LogP contribution in [0.4, 0.5) is 4.79 Å². The topological polar surface area (TPSA) is 72.6 Å². The maximum Gasteiger partial charge on any atom is 0.404 e. The smallest absolute Gasteiger partial charge is 0.404 e. The van der Waals surface area contributed by atoms with Gasteiger partial charge in [-0.15, -0.1) is 0 Å². The van der Waals surface area contributed by atoms with Gasteiger partial charge >= 0.3 is 6.09 Å². The van der Waals surface area contributed by atoms with E-state index in [1.807, 2.05) is 0 Å². The summed E-state index contributed by atoms with van der Waals surface area (Å²) < 4.78 is 4.67. The Hall–Kier alpha value is -0.770. The van der Waals surface area contributed by atoms with Gasteiger partial charge in [0.2, 0.25) is 0 Å². The highest BCUT2D eigenvalue weighted by Crippen LogP contribution is 2.29. The summed E-state index contributed by atoms with van der Waals surface area (Å²) in [6, 6.07) is 0. The lowest BCUT2D eigenvalue weighted by atomic mass is 9.82. The zero-order valence-electron chi connectivity index (χ0n) is 5.62. The fraction of sp³-hybridized carbons (Fsp3) is 0.833. The van der Waals surface area contributed by atoms with Crippen molar-refractivity contribution in [3.63, 3.8) is 0 Å². The molecule has 0 spiro atoms. The van der Waals surface area contributed by atoms with Crippen LogP contribution < -0.4 is 5.73 Å². The van der Waals surface area contributed by atoms with Gasteiger partial charge < -0.3 is 15.6 Å². The summed E-state index contributed by atoms with van der Waals surface area (Å²) in [7, 11) is 0. The third kappa shape index (κ3) is 1.39. The standard InChI is InChI=1S/C6H11NO3/c7-6(9)10-5-2-1-4(5)3-8/h4-5,8H,1-3H2,(H2,7,9)/t4-,5-/m0/s1. The molecule has 0 aromatic heterocycles. The Morgan fingerprint density at radius 3 is 2.70 bits per heavy atom. The van der Waals surface area contributed by atoms with E-state index in [4.69, 9.17) is 10.8 Å². The molecule has 0 bridgehead atoms. The molecule has 0 aliphatic heterocycles. The van der Waals surface area contributed by atoms with E-state index < -0.39 is 6.09 Å². The zero-order valence-corrected chi connectivity index (χ0v) is 5.62. The van der Waals surface area contributed by atoms with Crippen LogP contribution in [0.15, 0.2) is 0 Å². The predicted molar refractivity (Wildman–Crippen MR) is 34.3 cm³/mol. The molecule has 0 aromatic carbocycles. The number of aliphatic hydroxyl groups is 1. The van der Waals surface area contributed by atoms with Gasteiger partial charge in [0.1, 0.15) is 6.10 Å². The number of nitrogens with two attached hydrogens (primary N) is 1. The first kappa shape index (κ1) is 7.34. The number of ether oxygens (including phenoxy) is 1.